The van der Waals surface area contributed by atoms with Gasteiger partial charge in [0.2, 0.25) is 5.91 Å². The van der Waals surface area contributed by atoms with E-state index >= 15 is 0 Å². The topological polar surface area (TPSA) is 41.6 Å². The predicted octanol–water partition coefficient (Wildman–Crippen LogP) is 3.60. The summed E-state index contributed by atoms with van der Waals surface area (Å²) in [4.78, 5) is 13.9. The van der Waals surface area contributed by atoms with E-state index in [2.05, 4.69) is 5.32 Å². The van der Waals surface area contributed by atoms with Gasteiger partial charge in [0.15, 0.2) is 0 Å². The number of nitrogens with zero attached hydrogens (tertiary/aromatic N) is 1. The molecule has 0 radical (unpaired) electrons. The average molecular weight is 334 g/mol. The molecule has 0 bridgehead atoms. The molecule has 1 N–H and O–H groups in total. The van der Waals surface area contributed by atoms with Crippen LogP contribution in [0.25, 0.3) is 0 Å². The number of rotatable bonds is 6. The van der Waals surface area contributed by atoms with E-state index in [4.69, 9.17) is 4.74 Å². The maximum absolute atomic E-state index is 13.6. The number of carbonyl (C=O) groups is 1. The Hall–Kier alpha value is -2.47. The van der Waals surface area contributed by atoms with Crippen LogP contribution in [0.4, 0.5) is 14.5 Å². The van der Waals surface area contributed by atoms with Gasteiger partial charge in [-0.25, -0.2) is 8.78 Å². The molecule has 0 aromatic heterocycles. The number of amides is 1. The number of ether oxygens (including phenoxy) is 1. The van der Waals surface area contributed by atoms with Crippen LogP contribution in [0.2, 0.25) is 0 Å². The van der Waals surface area contributed by atoms with Crippen LogP contribution < -0.4 is 10.1 Å². The SMILES string of the molecule is COc1ccccc1C(C)N(C)CC(=O)Nc1cc(F)ccc1F. The lowest BCUT2D eigenvalue weighted by Crippen LogP contribution is -2.32. The zero-order valence-electron chi connectivity index (χ0n) is 13.8. The second-order valence-corrected chi connectivity index (χ2v) is 5.51. The van der Waals surface area contributed by atoms with Gasteiger partial charge in [-0.05, 0) is 32.2 Å². The molecule has 2 rings (SSSR count). The van der Waals surface area contributed by atoms with Gasteiger partial charge >= 0.3 is 0 Å². The van der Waals surface area contributed by atoms with Crippen molar-refractivity contribution in [2.75, 3.05) is 26.0 Å². The van der Waals surface area contributed by atoms with Gasteiger partial charge in [0.25, 0.3) is 0 Å². The van der Waals surface area contributed by atoms with Gasteiger partial charge in [-0.15, -0.1) is 0 Å². The highest BCUT2D eigenvalue weighted by Crippen LogP contribution is 2.27. The Bertz CT molecular complexity index is 722. The minimum Gasteiger partial charge on any atom is -0.496 e. The summed E-state index contributed by atoms with van der Waals surface area (Å²) in [6.07, 6.45) is 0. The van der Waals surface area contributed by atoms with Gasteiger partial charge in [-0.3, -0.25) is 9.69 Å². The van der Waals surface area contributed by atoms with E-state index in [-0.39, 0.29) is 18.3 Å². The summed E-state index contributed by atoms with van der Waals surface area (Å²) in [6.45, 7) is 1.96. The molecule has 0 aliphatic rings. The van der Waals surface area contributed by atoms with Crippen LogP contribution in [-0.4, -0.2) is 31.5 Å². The summed E-state index contributed by atoms with van der Waals surface area (Å²) >= 11 is 0. The van der Waals surface area contributed by atoms with Gasteiger partial charge in [-0.1, -0.05) is 18.2 Å². The third kappa shape index (κ3) is 4.29. The number of halogens is 2. The summed E-state index contributed by atoms with van der Waals surface area (Å²) < 4.78 is 32.1. The first kappa shape index (κ1) is 17.9. The molecule has 1 atom stereocenters. The van der Waals surface area contributed by atoms with E-state index in [0.717, 1.165) is 29.5 Å². The van der Waals surface area contributed by atoms with Crippen LogP contribution in [0.3, 0.4) is 0 Å². The lowest BCUT2D eigenvalue weighted by Gasteiger charge is -2.25. The molecular weight excluding hydrogens is 314 g/mol. The molecule has 0 aliphatic carbocycles. The van der Waals surface area contributed by atoms with Crippen molar-refractivity contribution in [3.63, 3.8) is 0 Å². The van der Waals surface area contributed by atoms with E-state index in [1.165, 1.54) is 0 Å². The van der Waals surface area contributed by atoms with Crippen molar-refractivity contribution >= 4 is 11.6 Å². The minimum atomic E-state index is -0.676. The van der Waals surface area contributed by atoms with Crippen molar-refractivity contribution in [2.45, 2.75) is 13.0 Å². The largest absolute Gasteiger partial charge is 0.496 e. The molecule has 0 fully saturated rings. The zero-order chi connectivity index (χ0) is 17.7. The van der Waals surface area contributed by atoms with Crippen LogP contribution >= 0.6 is 0 Å². The average Bonchev–Trinajstić information content (AvgIpc) is 2.57. The molecular formula is C18H20F2N2O2. The molecule has 0 saturated heterocycles. The Balaban J connectivity index is 2.04. The van der Waals surface area contributed by atoms with Crippen LogP contribution in [-0.2, 0) is 4.79 Å². The lowest BCUT2D eigenvalue weighted by atomic mass is 10.1. The van der Waals surface area contributed by atoms with Crippen LogP contribution in [0, 0.1) is 11.6 Å². The van der Waals surface area contributed by atoms with Gasteiger partial charge in [0, 0.05) is 17.7 Å². The summed E-state index contributed by atoms with van der Waals surface area (Å²) in [5.41, 5.74) is 0.769. The van der Waals surface area contributed by atoms with Gasteiger partial charge in [0.1, 0.15) is 17.4 Å². The number of benzene rings is 2. The smallest absolute Gasteiger partial charge is 0.238 e. The van der Waals surface area contributed by atoms with Crippen LogP contribution in [0.15, 0.2) is 42.5 Å². The number of likely N-dealkylation sites (N-methyl/N-ethyl adjacent to an activating group) is 1. The van der Waals surface area contributed by atoms with E-state index in [1.807, 2.05) is 31.2 Å². The third-order valence-electron chi connectivity index (χ3n) is 3.85. The molecule has 4 nitrogen and oxygen atoms in total. The van der Waals surface area contributed by atoms with E-state index < -0.39 is 17.5 Å². The van der Waals surface area contributed by atoms with Crippen molar-refractivity contribution in [3.8, 4) is 5.75 Å². The fourth-order valence-electron chi connectivity index (χ4n) is 2.40. The molecule has 1 unspecified atom stereocenters. The van der Waals surface area contributed by atoms with Crippen molar-refractivity contribution in [3.05, 3.63) is 59.7 Å². The Morgan fingerprint density at radius 3 is 2.67 bits per heavy atom. The minimum absolute atomic E-state index is 0.0230. The number of para-hydroxylation sites is 1. The molecule has 2 aromatic rings. The molecule has 6 heteroatoms. The monoisotopic (exact) mass is 334 g/mol. The molecule has 24 heavy (non-hydrogen) atoms. The fraction of sp³-hybridized carbons (Fsp3) is 0.278. The number of hydrogen-bond donors (Lipinski definition) is 1. The van der Waals surface area contributed by atoms with Crippen molar-refractivity contribution < 1.29 is 18.3 Å². The normalized spacial score (nSPS) is 12.1. The Labute approximate surface area is 140 Å². The van der Waals surface area contributed by atoms with Gasteiger partial charge < -0.3 is 10.1 Å². The molecule has 0 saturated carbocycles. The summed E-state index contributed by atoms with van der Waals surface area (Å²) in [6, 6.07) is 10.4. The number of carbonyl (C=O) groups excluding carboxylic acids is 1. The number of nitrogens with one attached hydrogen (secondary N) is 1. The number of hydrogen-bond acceptors (Lipinski definition) is 3. The zero-order valence-corrected chi connectivity index (χ0v) is 13.8. The fourth-order valence-corrected chi connectivity index (χ4v) is 2.40. The number of anilines is 1. The first-order chi connectivity index (χ1) is 11.4. The Kier molecular flexibility index (Phi) is 5.87. The van der Waals surface area contributed by atoms with Gasteiger partial charge in [-0.2, -0.15) is 0 Å². The van der Waals surface area contributed by atoms with Crippen LogP contribution in [0.1, 0.15) is 18.5 Å². The molecule has 2 aromatic carbocycles. The second-order valence-electron chi connectivity index (χ2n) is 5.51. The summed E-state index contributed by atoms with van der Waals surface area (Å²) in [5, 5.41) is 2.39. The van der Waals surface area contributed by atoms with Crippen molar-refractivity contribution in [2.24, 2.45) is 0 Å². The van der Waals surface area contributed by atoms with E-state index in [0.29, 0.717) is 0 Å². The van der Waals surface area contributed by atoms with Crippen molar-refractivity contribution in [1.82, 2.24) is 4.90 Å². The maximum atomic E-state index is 13.6. The molecule has 0 heterocycles. The van der Waals surface area contributed by atoms with E-state index in [1.54, 1.807) is 19.1 Å². The predicted molar refractivity (Wildman–Crippen MR) is 89.0 cm³/mol. The summed E-state index contributed by atoms with van der Waals surface area (Å²) in [7, 11) is 3.36. The highest BCUT2D eigenvalue weighted by molar-refractivity contribution is 5.92. The Morgan fingerprint density at radius 1 is 1.25 bits per heavy atom. The lowest BCUT2D eigenvalue weighted by molar-refractivity contribution is -0.117. The quantitative estimate of drug-likeness (QED) is 0.877. The maximum Gasteiger partial charge on any atom is 0.238 e. The van der Waals surface area contributed by atoms with E-state index in [9.17, 15) is 13.6 Å². The molecule has 128 valence electrons. The van der Waals surface area contributed by atoms with Gasteiger partial charge in [0.05, 0.1) is 19.3 Å². The summed E-state index contributed by atoms with van der Waals surface area (Å²) in [5.74, 6) is -0.982. The first-order valence-corrected chi connectivity index (χ1v) is 7.50. The molecule has 0 spiro atoms. The second kappa shape index (κ2) is 7.88. The standard InChI is InChI=1S/C18H20F2N2O2/c1-12(14-6-4-5-7-17(14)24-3)22(2)11-18(23)21-16-10-13(19)8-9-15(16)20/h4-10,12H,11H2,1-3H3,(H,21,23). The highest BCUT2D eigenvalue weighted by atomic mass is 19.1. The number of methoxy groups -OCH3 is 1. The van der Waals surface area contributed by atoms with Crippen LogP contribution in [0.5, 0.6) is 5.75 Å². The van der Waals surface area contributed by atoms with Crippen molar-refractivity contribution in [1.29, 1.82) is 0 Å². The first-order valence-electron chi connectivity index (χ1n) is 7.50. The molecule has 0 aliphatic heterocycles. The third-order valence-corrected chi connectivity index (χ3v) is 3.85. The highest BCUT2D eigenvalue weighted by Gasteiger charge is 2.18. The molecule has 1 amide bonds. The Morgan fingerprint density at radius 2 is 1.96 bits per heavy atom.